The van der Waals surface area contributed by atoms with Gasteiger partial charge in [-0.1, -0.05) is 40.9 Å². The first-order chi connectivity index (χ1) is 10.5. The SMILES string of the molecule is O=S(=O)(NCc1ccc(Cl)c(C(F)(F)F)c1)c1cc(Cl)sc1Cl. The first kappa shape index (κ1) is 18.8. The van der Waals surface area contributed by atoms with Crippen LogP contribution in [0.5, 0.6) is 0 Å². The van der Waals surface area contributed by atoms with Crippen molar-refractivity contribution in [2.24, 2.45) is 0 Å². The number of hydrogen-bond acceptors (Lipinski definition) is 3. The summed E-state index contributed by atoms with van der Waals surface area (Å²) >= 11 is 17.8. The zero-order valence-electron chi connectivity index (χ0n) is 10.9. The van der Waals surface area contributed by atoms with Crippen molar-refractivity contribution in [2.45, 2.75) is 17.6 Å². The molecule has 0 saturated heterocycles. The summed E-state index contributed by atoms with van der Waals surface area (Å²) in [5.74, 6) is 0. The molecular weight excluding hydrogens is 418 g/mol. The second-order valence-electron chi connectivity index (χ2n) is 4.32. The first-order valence-corrected chi connectivity index (χ1v) is 9.24. The Labute approximate surface area is 149 Å². The molecule has 0 amide bonds. The van der Waals surface area contributed by atoms with E-state index in [0.717, 1.165) is 23.5 Å². The van der Waals surface area contributed by atoms with Crippen LogP contribution in [0.2, 0.25) is 13.7 Å². The van der Waals surface area contributed by atoms with Gasteiger partial charge in [-0.15, -0.1) is 11.3 Å². The monoisotopic (exact) mass is 423 g/mol. The van der Waals surface area contributed by atoms with Gasteiger partial charge in [-0.2, -0.15) is 13.2 Å². The number of rotatable bonds is 4. The normalized spacial score (nSPS) is 12.6. The molecule has 11 heteroatoms. The molecule has 0 saturated carbocycles. The molecule has 1 heterocycles. The van der Waals surface area contributed by atoms with Crippen LogP contribution in [0.4, 0.5) is 13.2 Å². The van der Waals surface area contributed by atoms with Crippen molar-refractivity contribution >= 4 is 56.2 Å². The van der Waals surface area contributed by atoms with E-state index in [4.69, 9.17) is 34.8 Å². The zero-order valence-corrected chi connectivity index (χ0v) is 14.8. The van der Waals surface area contributed by atoms with Crippen molar-refractivity contribution in [1.82, 2.24) is 4.72 Å². The standard InChI is InChI=1S/C12H7Cl3F3NO2S2/c13-8-2-1-6(3-7(8)12(16,17)18)5-19-23(20,21)9-4-10(14)22-11(9)15/h1-4,19H,5H2. The lowest BCUT2D eigenvalue weighted by atomic mass is 10.1. The van der Waals surface area contributed by atoms with Crippen molar-refractivity contribution in [3.63, 3.8) is 0 Å². The number of nitrogens with one attached hydrogen (secondary N) is 1. The van der Waals surface area contributed by atoms with E-state index in [9.17, 15) is 21.6 Å². The van der Waals surface area contributed by atoms with Gasteiger partial charge in [0.2, 0.25) is 10.0 Å². The van der Waals surface area contributed by atoms with Crippen LogP contribution in [-0.4, -0.2) is 8.42 Å². The maximum Gasteiger partial charge on any atom is 0.417 e. The Hall–Kier alpha value is -0.510. The molecule has 0 spiro atoms. The number of benzene rings is 1. The Kier molecular flexibility index (Phi) is 5.55. The van der Waals surface area contributed by atoms with Gasteiger partial charge in [-0.25, -0.2) is 13.1 Å². The molecule has 0 bridgehead atoms. The molecule has 126 valence electrons. The molecule has 1 aromatic carbocycles. The van der Waals surface area contributed by atoms with Crippen molar-refractivity contribution in [3.8, 4) is 0 Å². The summed E-state index contributed by atoms with van der Waals surface area (Å²) in [6.07, 6.45) is -4.63. The van der Waals surface area contributed by atoms with Crippen molar-refractivity contribution in [1.29, 1.82) is 0 Å². The van der Waals surface area contributed by atoms with Crippen LogP contribution < -0.4 is 4.72 Å². The molecule has 0 aliphatic carbocycles. The molecular formula is C12H7Cl3F3NO2S2. The molecule has 3 nitrogen and oxygen atoms in total. The maximum atomic E-state index is 12.8. The fourth-order valence-electron chi connectivity index (χ4n) is 1.66. The van der Waals surface area contributed by atoms with Gasteiger partial charge in [-0.3, -0.25) is 0 Å². The molecule has 0 aliphatic rings. The van der Waals surface area contributed by atoms with E-state index in [1.807, 2.05) is 0 Å². The first-order valence-electron chi connectivity index (χ1n) is 5.81. The van der Waals surface area contributed by atoms with E-state index in [-0.39, 0.29) is 25.7 Å². The molecule has 1 aromatic heterocycles. The highest BCUT2D eigenvalue weighted by Crippen LogP contribution is 2.36. The van der Waals surface area contributed by atoms with E-state index in [1.165, 1.54) is 12.1 Å². The minimum Gasteiger partial charge on any atom is -0.207 e. The molecule has 0 aliphatic heterocycles. The lowest BCUT2D eigenvalue weighted by Gasteiger charge is -2.11. The second-order valence-corrected chi connectivity index (χ2v) is 8.75. The summed E-state index contributed by atoms with van der Waals surface area (Å²) < 4.78 is 64.8. The minimum absolute atomic E-state index is 0.0328. The topological polar surface area (TPSA) is 46.2 Å². The molecule has 2 aromatic rings. The fraction of sp³-hybridized carbons (Fsp3) is 0.167. The Morgan fingerprint density at radius 3 is 2.30 bits per heavy atom. The molecule has 23 heavy (non-hydrogen) atoms. The van der Waals surface area contributed by atoms with Crippen LogP contribution in [0, 0.1) is 0 Å². The summed E-state index contributed by atoms with van der Waals surface area (Å²) in [7, 11) is -4.00. The third-order valence-electron chi connectivity index (χ3n) is 2.72. The van der Waals surface area contributed by atoms with Crippen LogP contribution in [-0.2, 0) is 22.7 Å². The van der Waals surface area contributed by atoms with Crippen LogP contribution >= 0.6 is 46.1 Å². The lowest BCUT2D eigenvalue weighted by Crippen LogP contribution is -2.23. The van der Waals surface area contributed by atoms with Crippen molar-refractivity contribution in [3.05, 3.63) is 49.1 Å². The number of hydrogen-bond donors (Lipinski definition) is 1. The summed E-state index contributed by atoms with van der Waals surface area (Å²) in [4.78, 5) is -0.223. The third-order valence-corrected chi connectivity index (χ3v) is 6.20. The highest BCUT2D eigenvalue weighted by Gasteiger charge is 2.33. The van der Waals surface area contributed by atoms with E-state index in [1.54, 1.807) is 0 Å². The largest absolute Gasteiger partial charge is 0.417 e. The minimum atomic E-state index is -4.63. The van der Waals surface area contributed by atoms with Gasteiger partial charge >= 0.3 is 6.18 Å². The average molecular weight is 425 g/mol. The van der Waals surface area contributed by atoms with Gasteiger partial charge in [0.15, 0.2) is 0 Å². The van der Waals surface area contributed by atoms with Gasteiger partial charge in [0.1, 0.15) is 9.23 Å². The van der Waals surface area contributed by atoms with E-state index in [0.29, 0.717) is 0 Å². The highest BCUT2D eigenvalue weighted by atomic mass is 35.5. The average Bonchev–Trinajstić information content (AvgIpc) is 2.76. The second kappa shape index (κ2) is 6.78. The number of alkyl halides is 3. The van der Waals surface area contributed by atoms with Crippen molar-refractivity contribution in [2.75, 3.05) is 0 Å². The summed E-state index contributed by atoms with van der Waals surface area (Å²) in [5, 5.41) is -0.461. The summed E-state index contributed by atoms with van der Waals surface area (Å²) in [6, 6.07) is 4.30. The van der Waals surface area contributed by atoms with E-state index >= 15 is 0 Å². The quantitative estimate of drug-likeness (QED) is 0.733. The van der Waals surface area contributed by atoms with Gasteiger partial charge < -0.3 is 0 Å². The van der Waals surface area contributed by atoms with Gasteiger partial charge in [0.05, 0.1) is 14.9 Å². The molecule has 2 rings (SSSR count). The van der Waals surface area contributed by atoms with Gasteiger partial charge in [0.25, 0.3) is 0 Å². The Bertz CT molecular complexity index is 835. The number of halogens is 6. The molecule has 0 fully saturated rings. The maximum absolute atomic E-state index is 12.8. The van der Waals surface area contributed by atoms with E-state index < -0.39 is 26.8 Å². The van der Waals surface area contributed by atoms with Gasteiger partial charge in [-0.05, 0) is 23.8 Å². The molecule has 0 unspecified atom stereocenters. The van der Waals surface area contributed by atoms with E-state index in [2.05, 4.69) is 4.72 Å². The predicted octanol–water partition coefficient (Wildman–Crippen LogP) is 5.21. The molecule has 1 N–H and O–H groups in total. The predicted molar refractivity (Wildman–Crippen MR) is 84.8 cm³/mol. The van der Waals surface area contributed by atoms with Crippen LogP contribution in [0.1, 0.15) is 11.1 Å². The number of thiophene rings is 1. The fourth-order valence-corrected chi connectivity index (χ4v) is 5.05. The Balaban J connectivity index is 2.23. The smallest absolute Gasteiger partial charge is 0.207 e. The molecule has 0 atom stereocenters. The third kappa shape index (κ3) is 4.52. The summed E-state index contributed by atoms with van der Waals surface area (Å²) in [5.41, 5.74) is -0.935. The lowest BCUT2D eigenvalue weighted by molar-refractivity contribution is -0.137. The summed E-state index contributed by atoms with van der Waals surface area (Å²) in [6.45, 7) is -0.355. The highest BCUT2D eigenvalue weighted by molar-refractivity contribution is 7.89. The van der Waals surface area contributed by atoms with Gasteiger partial charge in [0, 0.05) is 6.54 Å². The van der Waals surface area contributed by atoms with Crippen LogP contribution in [0.3, 0.4) is 0 Å². The van der Waals surface area contributed by atoms with Crippen molar-refractivity contribution < 1.29 is 21.6 Å². The number of sulfonamides is 1. The van der Waals surface area contributed by atoms with Crippen LogP contribution in [0.15, 0.2) is 29.2 Å². The van der Waals surface area contributed by atoms with Crippen LogP contribution in [0.25, 0.3) is 0 Å². The Morgan fingerprint density at radius 1 is 1.13 bits per heavy atom. The zero-order chi connectivity index (χ0) is 17.4. The molecule has 0 radical (unpaired) electrons. The Morgan fingerprint density at radius 2 is 1.78 bits per heavy atom.